The van der Waals surface area contributed by atoms with Crippen molar-refractivity contribution >= 4 is 17.5 Å². The molecule has 0 fully saturated rings. The fourth-order valence-corrected chi connectivity index (χ4v) is 1.79. The number of aromatic carboxylic acids is 1. The van der Waals surface area contributed by atoms with Crippen molar-refractivity contribution in [1.29, 1.82) is 0 Å². The van der Waals surface area contributed by atoms with E-state index in [0.717, 1.165) is 11.3 Å². The van der Waals surface area contributed by atoms with Crippen LogP contribution in [0.25, 0.3) is 0 Å². The summed E-state index contributed by atoms with van der Waals surface area (Å²) in [6.45, 7) is 2.96. The molecule has 2 aromatic rings. The molecular formula is C15H17N3O3. The number of aryl methyl sites for hydroxylation is 1. The van der Waals surface area contributed by atoms with Crippen molar-refractivity contribution < 1.29 is 14.6 Å². The van der Waals surface area contributed by atoms with Crippen molar-refractivity contribution in [2.45, 2.75) is 6.92 Å². The molecule has 0 bridgehead atoms. The van der Waals surface area contributed by atoms with Gasteiger partial charge in [0, 0.05) is 6.20 Å². The van der Waals surface area contributed by atoms with Crippen LogP contribution >= 0.6 is 0 Å². The molecule has 0 saturated heterocycles. The number of aromatic nitrogens is 1. The van der Waals surface area contributed by atoms with E-state index in [9.17, 15) is 4.79 Å². The monoisotopic (exact) mass is 287 g/mol. The Bertz CT molecular complexity index is 644. The predicted octanol–water partition coefficient (Wildman–Crippen LogP) is 2.16. The van der Waals surface area contributed by atoms with E-state index in [1.165, 1.54) is 12.3 Å². The van der Waals surface area contributed by atoms with Gasteiger partial charge in [-0.25, -0.2) is 9.78 Å². The Balaban J connectivity index is 1.85. The van der Waals surface area contributed by atoms with Gasteiger partial charge in [0.2, 0.25) is 0 Å². The number of rotatable bonds is 6. The number of carboxylic acids is 1. The SMILES string of the molecule is Cc1cccc(OCCNc2ncc(C(=O)O)cc2N)c1. The summed E-state index contributed by atoms with van der Waals surface area (Å²) in [6, 6.07) is 9.15. The number of hydrogen-bond acceptors (Lipinski definition) is 5. The molecule has 0 atom stereocenters. The number of carbonyl (C=O) groups is 1. The Kier molecular flexibility index (Phi) is 4.61. The van der Waals surface area contributed by atoms with Gasteiger partial charge < -0.3 is 20.9 Å². The second-order valence-electron chi connectivity index (χ2n) is 4.56. The molecule has 110 valence electrons. The highest BCUT2D eigenvalue weighted by Crippen LogP contribution is 2.16. The molecule has 0 aliphatic rings. The quantitative estimate of drug-likeness (QED) is 0.704. The van der Waals surface area contributed by atoms with Crippen LogP contribution in [0.5, 0.6) is 5.75 Å². The van der Waals surface area contributed by atoms with E-state index in [1.54, 1.807) is 0 Å². The maximum absolute atomic E-state index is 10.8. The van der Waals surface area contributed by atoms with Crippen LogP contribution in [0.4, 0.5) is 11.5 Å². The molecule has 1 heterocycles. The molecule has 21 heavy (non-hydrogen) atoms. The first kappa shape index (κ1) is 14.6. The van der Waals surface area contributed by atoms with Crippen molar-refractivity contribution in [2.24, 2.45) is 0 Å². The summed E-state index contributed by atoms with van der Waals surface area (Å²) in [4.78, 5) is 14.8. The lowest BCUT2D eigenvalue weighted by molar-refractivity contribution is 0.0696. The van der Waals surface area contributed by atoms with Crippen LogP contribution in [-0.4, -0.2) is 29.2 Å². The number of ether oxygens (including phenoxy) is 1. The van der Waals surface area contributed by atoms with Crippen molar-refractivity contribution in [3.63, 3.8) is 0 Å². The fourth-order valence-electron chi connectivity index (χ4n) is 1.79. The molecule has 6 heteroatoms. The number of pyridine rings is 1. The lowest BCUT2D eigenvalue weighted by atomic mass is 10.2. The molecule has 0 aliphatic carbocycles. The average Bonchev–Trinajstić information content (AvgIpc) is 2.45. The minimum absolute atomic E-state index is 0.0639. The highest BCUT2D eigenvalue weighted by Gasteiger charge is 2.07. The highest BCUT2D eigenvalue weighted by atomic mass is 16.5. The van der Waals surface area contributed by atoms with Gasteiger partial charge in [-0.3, -0.25) is 0 Å². The van der Waals surface area contributed by atoms with Crippen molar-refractivity contribution in [2.75, 3.05) is 24.2 Å². The molecule has 1 aromatic heterocycles. The Morgan fingerprint density at radius 3 is 2.90 bits per heavy atom. The molecule has 1 aromatic carbocycles. The number of nitrogens with two attached hydrogens (primary N) is 1. The second kappa shape index (κ2) is 6.60. The van der Waals surface area contributed by atoms with E-state index in [4.69, 9.17) is 15.6 Å². The number of nitrogen functional groups attached to an aromatic ring is 1. The van der Waals surface area contributed by atoms with Gasteiger partial charge >= 0.3 is 5.97 Å². The number of nitrogens with zero attached hydrogens (tertiary/aromatic N) is 1. The van der Waals surface area contributed by atoms with Gasteiger partial charge in [0.05, 0.1) is 17.8 Å². The van der Waals surface area contributed by atoms with E-state index < -0.39 is 5.97 Å². The molecule has 2 rings (SSSR count). The number of benzene rings is 1. The zero-order valence-corrected chi connectivity index (χ0v) is 11.7. The molecule has 0 spiro atoms. The lowest BCUT2D eigenvalue weighted by Crippen LogP contribution is -2.14. The van der Waals surface area contributed by atoms with Gasteiger partial charge in [-0.05, 0) is 30.7 Å². The normalized spacial score (nSPS) is 10.1. The van der Waals surface area contributed by atoms with Crippen LogP contribution in [0, 0.1) is 6.92 Å². The summed E-state index contributed by atoms with van der Waals surface area (Å²) in [5.74, 6) is 0.204. The van der Waals surface area contributed by atoms with Crippen LogP contribution in [0.15, 0.2) is 36.5 Å². The molecule has 4 N–H and O–H groups in total. The summed E-state index contributed by atoms with van der Waals surface area (Å²) < 4.78 is 5.59. The Labute approximate surface area is 122 Å². The number of anilines is 2. The van der Waals surface area contributed by atoms with Crippen LogP contribution in [-0.2, 0) is 0 Å². The zero-order chi connectivity index (χ0) is 15.2. The lowest BCUT2D eigenvalue weighted by Gasteiger charge is -2.10. The molecule has 0 radical (unpaired) electrons. The smallest absolute Gasteiger partial charge is 0.337 e. The number of nitrogens with one attached hydrogen (secondary N) is 1. The summed E-state index contributed by atoms with van der Waals surface area (Å²) in [7, 11) is 0. The van der Waals surface area contributed by atoms with E-state index in [0.29, 0.717) is 24.7 Å². The molecule has 6 nitrogen and oxygen atoms in total. The summed E-state index contributed by atoms with van der Waals surface area (Å²) in [5, 5.41) is 11.8. The van der Waals surface area contributed by atoms with Crippen molar-refractivity contribution in [3.8, 4) is 5.75 Å². The van der Waals surface area contributed by atoms with Gasteiger partial charge in [-0.2, -0.15) is 0 Å². The van der Waals surface area contributed by atoms with Gasteiger partial charge in [-0.15, -0.1) is 0 Å². The highest BCUT2D eigenvalue weighted by molar-refractivity contribution is 5.89. The predicted molar refractivity (Wildman–Crippen MR) is 80.8 cm³/mol. The molecular weight excluding hydrogens is 270 g/mol. The van der Waals surface area contributed by atoms with E-state index in [1.807, 2.05) is 31.2 Å². The third-order valence-corrected chi connectivity index (χ3v) is 2.82. The van der Waals surface area contributed by atoms with E-state index in [-0.39, 0.29) is 5.56 Å². The first-order chi connectivity index (χ1) is 10.1. The fraction of sp³-hybridized carbons (Fsp3) is 0.200. The van der Waals surface area contributed by atoms with Crippen LogP contribution in [0.1, 0.15) is 15.9 Å². The Hall–Kier alpha value is -2.76. The zero-order valence-electron chi connectivity index (χ0n) is 11.7. The number of carboxylic acid groups (broad SMARTS) is 1. The Morgan fingerprint density at radius 2 is 2.24 bits per heavy atom. The van der Waals surface area contributed by atoms with E-state index in [2.05, 4.69) is 10.3 Å². The average molecular weight is 287 g/mol. The summed E-state index contributed by atoms with van der Waals surface area (Å²) in [5.41, 5.74) is 7.24. The van der Waals surface area contributed by atoms with Crippen LogP contribution < -0.4 is 15.8 Å². The molecule has 0 saturated carbocycles. The summed E-state index contributed by atoms with van der Waals surface area (Å²) >= 11 is 0. The molecule has 0 unspecified atom stereocenters. The van der Waals surface area contributed by atoms with Gasteiger partial charge in [-0.1, -0.05) is 12.1 Å². The third kappa shape index (κ3) is 4.10. The standard InChI is InChI=1S/C15H17N3O3/c1-10-3-2-4-12(7-10)21-6-5-17-14-13(16)8-11(9-18-14)15(19)20/h2-4,7-9H,5-6,16H2,1H3,(H,17,18)(H,19,20). The van der Waals surface area contributed by atoms with Gasteiger partial charge in [0.1, 0.15) is 18.2 Å². The first-order valence-corrected chi connectivity index (χ1v) is 6.48. The van der Waals surface area contributed by atoms with Crippen molar-refractivity contribution in [1.82, 2.24) is 4.98 Å². The third-order valence-electron chi connectivity index (χ3n) is 2.82. The van der Waals surface area contributed by atoms with E-state index >= 15 is 0 Å². The topological polar surface area (TPSA) is 97.5 Å². The second-order valence-corrected chi connectivity index (χ2v) is 4.56. The van der Waals surface area contributed by atoms with Crippen LogP contribution in [0.2, 0.25) is 0 Å². The van der Waals surface area contributed by atoms with Gasteiger partial charge in [0.15, 0.2) is 0 Å². The largest absolute Gasteiger partial charge is 0.492 e. The Morgan fingerprint density at radius 1 is 1.43 bits per heavy atom. The minimum Gasteiger partial charge on any atom is -0.492 e. The first-order valence-electron chi connectivity index (χ1n) is 6.48. The summed E-state index contributed by atoms with van der Waals surface area (Å²) in [6.07, 6.45) is 1.27. The maximum Gasteiger partial charge on any atom is 0.337 e. The molecule has 0 aliphatic heterocycles. The van der Waals surface area contributed by atoms with Gasteiger partial charge in [0.25, 0.3) is 0 Å². The van der Waals surface area contributed by atoms with Crippen molar-refractivity contribution in [3.05, 3.63) is 47.7 Å². The molecule has 0 amide bonds. The minimum atomic E-state index is -1.05. The maximum atomic E-state index is 10.8. The number of hydrogen-bond donors (Lipinski definition) is 3. The van der Waals surface area contributed by atoms with Crippen LogP contribution in [0.3, 0.4) is 0 Å².